The van der Waals surface area contributed by atoms with Gasteiger partial charge in [0.2, 0.25) is 0 Å². The maximum atomic E-state index is 6.07. The topological polar surface area (TPSA) is 24.5 Å². The van der Waals surface area contributed by atoms with E-state index < -0.39 is 0 Å². The minimum absolute atomic E-state index is 0.289. The predicted octanol–water partition coefficient (Wildman–Crippen LogP) is 2.93. The van der Waals surface area contributed by atoms with Crippen LogP contribution < -0.4 is 5.32 Å². The lowest BCUT2D eigenvalue weighted by atomic mass is 9.89. The number of thiophene rings is 1. The highest BCUT2D eigenvalue weighted by molar-refractivity contribution is 7.17. The van der Waals surface area contributed by atoms with Crippen molar-refractivity contribution in [2.75, 3.05) is 40.3 Å². The molecule has 1 saturated heterocycles. The highest BCUT2D eigenvalue weighted by Gasteiger charge is 2.27. The molecule has 114 valence electrons. The summed E-state index contributed by atoms with van der Waals surface area (Å²) in [6, 6.07) is 8.73. The highest BCUT2D eigenvalue weighted by atomic mass is 32.1. The average Bonchev–Trinajstić information content (AvgIpc) is 2.93. The van der Waals surface area contributed by atoms with Gasteiger partial charge in [0.25, 0.3) is 0 Å². The van der Waals surface area contributed by atoms with E-state index in [0.29, 0.717) is 5.92 Å². The largest absolute Gasteiger partial charge is 0.375 e. The van der Waals surface area contributed by atoms with Crippen molar-refractivity contribution in [1.82, 2.24) is 10.2 Å². The first-order valence-corrected chi connectivity index (χ1v) is 8.57. The van der Waals surface area contributed by atoms with E-state index >= 15 is 0 Å². The van der Waals surface area contributed by atoms with E-state index in [4.69, 9.17) is 4.74 Å². The van der Waals surface area contributed by atoms with Gasteiger partial charge in [-0.25, -0.2) is 0 Å². The number of rotatable bonds is 5. The van der Waals surface area contributed by atoms with Gasteiger partial charge in [-0.15, -0.1) is 11.3 Å². The Morgan fingerprint density at radius 1 is 1.38 bits per heavy atom. The zero-order valence-electron chi connectivity index (χ0n) is 12.8. The second-order valence-electron chi connectivity index (χ2n) is 6.00. The second kappa shape index (κ2) is 6.88. The number of hydrogen-bond acceptors (Lipinski definition) is 4. The summed E-state index contributed by atoms with van der Waals surface area (Å²) < 4.78 is 7.45. The lowest BCUT2D eigenvalue weighted by Gasteiger charge is -2.32. The first kappa shape index (κ1) is 15.0. The lowest BCUT2D eigenvalue weighted by molar-refractivity contribution is 0.00846. The van der Waals surface area contributed by atoms with Crippen molar-refractivity contribution in [2.24, 2.45) is 0 Å². The van der Waals surface area contributed by atoms with E-state index in [2.05, 4.69) is 54.0 Å². The molecule has 0 amide bonds. The van der Waals surface area contributed by atoms with Crippen LogP contribution in [0.4, 0.5) is 0 Å². The van der Waals surface area contributed by atoms with Crippen LogP contribution in [0.15, 0.2) is 29.6 Å². The fraction of sp³-hybridized carbons (Fsp3) is 0.529. The molecule has 1 fully saturated rings. The monoisotopic (exact) mass is 304 g/mol. The number of benzene rings is 1. The molecule has 2 heterocycles. The van der Waals surface area contributed by atoms with Crippen molar-refractivity contribution >= 4 is 21.4 Å². The third kappa shape index (κ3) is 3.46. The van der Waals surface area contributed by atoms with E-state index in [0.717, 1.165) is 32.7 Å². The van der Waals surface area contributed by atoms with E-state index in [9.17, 15) is 0 Å². The van der Waals surface area contributed by atoms with Gasteiger partial charge in [-0.05, 0) is 49.5 Å². The molecule has 1 N–H and O–H groups in total. The van der Waals surface area contributed by atoms with Crippen molar-refractivity contribution in [3.05, 3.63) is 35.2 Å². The molecule has 0 spiro atoms. The molecule has 3 nitrogen and oxygen atoms in total. The third-order valence-electron chi connectivity index (χ3n) is 4.20. The van der Waals surface area contributed by atoms with Crippen LogP contribution in [0.5, 0.6) is 0 Å². The lowest BCUT2D eigenvalue weighted by Crippen LogP contribution is -2.42. The van der Waals surface area contributed by atoms with Crippen LogP contribution >= 0.6 is 11.3 Å². The van der Waals surface area contributed by atoms with Crippen LogP contribution in [0.3, 0.4) is 0 Å². The summed E-state index contributed by atoms with van der Waals surface area (Å²) in [6.45, 7) is 3.85. The summed E-state index contributed by atoms with van der Waals surface area (Å²) in [5.74, 6) is 0.469. The number of morpholine rings is 1. The summed E-state index contributed by atoms with van der Waals surface area (Å²) in [6.07, 6.45) is 1.43. The molecular weight excluding hydrogens is 280 g/mol. The zero-order chi connectivity index (χ0) is 14.7. The average molecular weight is 304 g/mol. The summed E-state index contributed by atoms with van der Waals surface area (Å²) in [4.78, 5) is 2.26. The highest BCUT2D eigenvalue weighted by Crippen LogP contribution is 2.36. The maximum absolute atomic E-state index is 6.07. The van der Waals surface area contributed by atoms with Crippen LogP contribution in [0.25, 0.3) is 10.1 Å². The molecule has 0 saturated carbocycles. The zero-order valence-corrected chi connectivity index (χ0v) is 13.7. The Balaban J connectivity index is 1.89. The molecule has 2 unspecified atom stereocenters. The summed E-state index contributed by atoms with van der Waals surface area (Å²) in [7, 11) is 4.28. The molecule has 1 aromatic heterocycles. The van der Waals surface area contributed by atoms with Gasteiger partial charge in [0, 0.05) is 23.7 Å². The van der Waals surface area contributed by atoms with Crippen LogP contribution in [0.1, 0.15) is 17.9 Å². The standard InChI is InChI=1S/C17H24N2OS/c1-19(2)9-7-13(16-11-18-8-10-20-16)15-12-21-17-6-4-3-5-14(15)17/h3-6,12-13,16,18H,7-11H2,1-2H3. The van der Waals surface area contributed by atoms with Gasteiger partial charge in [-0.2, -0.15) is 0 Å². The van der Waals surface area contributed by atoms with Crippen molar-refractivity contribution in [3.63, 3.8) is 0 Å². The Morgan fingerprint density at radius 3 is 3.00 bits per heavy atom. The fourth-order valence-electron chi connectivity index (χ4n) is 3.07. The number of ether oxygens (including phenoxy) is 1. The molecule has 2 aromatic rings. The fourth-order valence-corrected chi connectivity index (χ4v) is 4.09. The molecule has 3 rings (SSSR count). The van der Waals surface area contributed by atoms with Crippen LogP contribution in [0, 0.1) is 0 Å². The van der Waals surface area contributed by atoms with Crippen LogP contribution in [0.2, 0.25) is 0 Å². The van der Waals surface area contributed by atoms with Crippen molar-refractivity contribution in [2.45, 2.75) is 18.4 Å². The third-order valence-corrected chi connectivity index (χ3v) is 5.18. The minimum Gasteiger partial charge on any atom is -0.375 e. The molecule has 2 atom stereocenters. The molecule has 1 aliphatic rings. The Labute approximate surface area is 130 Å². The normalized spacial score (nSPS) is 21.0. The molecule has 1 aliphatic heterocycles. The SMILES string of the molecule is CN(C)CCC(c1csc2ccccc12)C1CNCCO1. The summed E-state index contributed by atoms with van der Waals surface area (Å²) >= 11 is 1.85. The van der Waals surface area contributed by atoms with Crippen molar-refractivity contribution in [1.29, 1.82) is 0 Å². The number of fused-ring (bicyclic) bond motifs is 1. The van der Waals surface area contributed by atoms with Gasteiger partial charge in [0.15, 0.2) is 0 Å². The second-order valence-corrected chi connectivity index (χ2v) is 6.91. The first-order valence-electron chi connectivity index (χ1n) is 7.69. The molecule has 1 aromatic carbocycles. The predicted molar refractivity (Wildman–Crippen MR) is 90.3 cm³/mol. The molecule has 21 heavy (non-hydrogen) atoms. The van der Waals surface area contributed by atoms with Crippen molar-refractivity contribution in [3.8, 4) is 0 Å². The van der Waals surface area contributed by atoms with Crippen LogP contribution in [-0.2, 0) is 4.74 Å². The molecular formula is C17H24N2OS. The van der Waals surface area contributed by atoms with Gasteiger partial charge in [0.05, 0.1) is 12.7 Å². The van der Waals surface area contributed by atoms with E-state index in [-0.39, 0.29) is 6.10 Å². The van der Waals surface area contributed by atoms with Crippen LogP contribution in [-0.4, -0.2) is 51.3 Å². The van der Waals surface area contributed by atoms with Gasteiger partial charge >= 0.3 is 0 Å². The molecule has 0 aliphatic carbocycles. The molecule has 4 heteroatoms. The first-order chi connectivity index (χ1) is 10.3. The number of hydrogen-bond donors (Lipinski definition) is 1. The Bertz CT molecular complexity index is 575. The maximum Gasteiger partial charge on any atom is 0.0769 e. The molecule has 0 radical (unpaired) electrons. The Hall–Kier alpha value is -0.940. The van der Waals surface area contributed by atoms with Gasteiger partial charge in [-0.3, -0.25) is 0 Å². The summed E-state index contributed by atoms with van der Waals surface area (Å²) in [5.41, 5.74) is 1.46. The smallest absolute Gasteiger partial charge is 0.0769 e. The Morgan fingerprint density at radius 2 is 2.24 bits per heavy atom. The quantitative estimate of drug-likeness (QED) is 0.919. The van der Waals surface area contributed by atoms with Gasteiger partial charge in [-0.1, -0.05) is 18.2 Å². The van der Waals surface area contributed by atoms with E-state index in [1.54, 1.807) is 0 Å². The summed E-state index contributed by atoms with van der Waals surface area (Å²) in [5, 5.41) is 7.22. The Kier molecular flexibility index (Phi) is 4.91. The van der Waals surface area contributed by atoms with Gasteiger partial charge < -0.3 is 15.0 Å². The van der Waals surface area contributed by atoms with Gasteiger partial charge in [0.1, 0.15) is 0 Å². The van der Waals surface area contributed by atoms with E-state index in [1.807, 2.05) is 11.3 Å². The number of nitrogens with one attached hydrogen (secondary N) is 1. The van der Waals surface area contributed by atoms with E-state index in [1.165, 1.54) is 15.6 Å². The number of nitrogens with zero attached hydrogens (tertiary/aromatic N) is 1. The minimum atomic E-state index is 0.289. The van der Waals surface area contributed by atoms with Crippen molar-refractivity contribution < 1.29 is 4.74 Å². The molecule has 0 bridgehead atoms.